The van der Waals surface area contributed by atoms with Crippen molar-refractivity contribution in [2.75, 3.05) is 19.6 Å². The molecule has 10 nitrogen and oxygen atoms in total. The van der Waals surface area contributed by atoms with Gasteiger partial charge in [0.05, 0.1) is 14.7 Å². The number of sulfonamides is 1. The van der Waals surface area contributed by atoms with E-state index < -0.39 is 10.0 Å². The summed E-state index contributed by atoms with van der Waals surface area (Å²) < 4.78 is 27.1. The minimum Gasteiger partial charge on any atom is -0.299 e. The summed E-state index contributed by atoms with van der Waals surface area (Å²) in [4.78, 5) is 23.6. The van der Waals surface area contributed by atoms with Crippen molar-refractivity contribution in [3.05, 3.63) is 63.4 Å². The van der Waals surface area contributed by atoms with Crippen LogP contribution in [0, 0.1) is 9.81 Å². The molecule has 0 fully saturated rings. The summed E-state index contributed by atoms with van der Waals surface area (Å²) in [7, 11) is -3.77. The Balaban J connectivity index is 1.46. The topological polar surface area (TPSA) is 130 Å². The number of hydrogen-bond acceptors (Lipinski definition) is 5. The average molecular weight is 436 g/mol. The van der Waals surface area contributed by atoms with Gasteiger partial charge in [-0.05, 0) is 43.0 Å². The Morgan fingerprint density at radius 3 is 2.43 bits per heavy atom. The molecule has 0 saturated heterocycles. The fraction of sp³-hybridized carbons (Fsp3) is 0.368. The smallest absolute Gasteiger partial charge is 0.299 e. The van der Waals surface area contributed by atoms with E-state index in [1.807, 2.05) is 6.07 Å². The molecular weight excluding hydrogens is 412 g/mol. The van der Waals surface area contributed by atoms with Crippen LogP contribution < -0.4 is 4.72 Å². The van der Waals surface area contributed by atoms with Crippen LogP contribution in [0.1, 0.15) is 24.0 Å². The molecule has 160 valence electrons. The Hall–Kier alpha value is -2.89. The molecule has 2 aromatic rings. The van der Waals surface area contributed by atoms with E-state index in [2.05, 4.69) is 9.62 Å². The van der Waals surface area contributed by atoms with Gasteiger partial charge in [-0.1, -0.05) is 12.1 Å². The zero-order chi connectivity index (χ0) is 21.7. The molecule has 0 atom stereocenters. The van der Waals surface area contributed by atoms with Gasteiger partial charge in [-0.25, -0.2) is 23.6 Å². The highest BCUT2D eigenvalue weighted by Crippen LogP contribution is 2.23. The standard InChI is InChI=1S/C19H24N4O6S/c24-22(25)17-4-3-5-19(13-17)30(28,29)20-9-1-2-10-21-11-8-15-6-7-18(23(26)27)12-16(15)14-21/h3-7,12-13,20H,1-2,8-11,14H2,(H,24,25)(H,26,27)/q+2. The Labute approximate surface area is 173 Å². The number of nitrogens with zero attached hydrogens (tertiary/aromatic N) is 3. The number of unbranched alkanes of at least 4 members (excludes halogenated alkanes) is 1. The summed E-state index contributed by atoms with van der Waals surface area (Å²) in [6.45, 7) is 2.56. The molecule has 3 N–H and O–H groups in total. The van der Waals surface area contributed by atoms with E-state index in [0.717, 1.165) is 43.1 Å². The molecule has 3 rings (SSSR count). The number of benzene rings is 2. The predicted molar refractivity (Wildman–Crippen MR) is 106 cm³/mol. The van der Waals surface area contributed by atoms with Crippen LogP contribution in [0.25, 0.3) is 0 Å². The van der Waals surface area contributed by atoms with Crippen molar-refractivity contribution in [1.29, 1.82) is 0 Å². The molecule has 0 bridgehead atoms. The highest BCUT2D eigenvalue weighted by molar-refractivity contribution is 7.89. The van der Waals surface area contributed by atoms with Gasteiger partial charge in [0.2, 0.25) is 10.0 Å². The Bertz CT molecular complexity index is 1060. The molecule has 0 amide bonds. The molecule has 0 saturated carbocycles. The van der Waals surface area contributed by atoms with Gasteiger partial charge in [-0.2, -0.15) is 0 Å². The second-order valence-electron chi connectivity index (χ2n) is 7.13. The quantitative estimate of drug-likeness (QED) is 0.406. The third kappa shape index (κ3) is 5.38. The van der Waals surface area contributed by atoms with Crippen LogP contribution in [0.2, 0.25) is 0 Å². The van der Waals surface area contributed by atoms with E-state index >= 15 is 0 Å². The lowest BCUT2D eigenvalue weighted by Crippen LogP contribution is -2.32. The second-order valence-corrected chi connectivity index (χ2v) is 8.89. The molecular formula is C19H24N4O6S+2. The largest absolute Gasteiger partial charge is 0.317 e. The second kappa shape index (κ2) is 9.28. The van der Waals surface area contributed by atoms with Crippen LogP contribution in [0.4, 0.5) is 11.4 Å². The molecule has 0 aromatic heterocycles. The minimum absolute atomic E-state index is 0.0883. The zero-order valence-corrected chi connectivity index (χ0v) is 17.1. The van der Waals surface area contributed by atoms with Gasteiger partial charge in [-0.15, -0.1) is 0 Å². The van der Waals surface area contributed by atoms with Crippen molar-refractivity contribution >= 4 is 21.4 Å². The van der Waals surface area contributed by atoms with E-state index in [-0.39, 0.29) is 32.7 Å². The summed E-state index contributed by atoms with van der Waals surface area (Å²) in [5.74, 6) is 0. The predicted octanol–water partition coefficient (Wildman–Crippen LogP) is 2.40. The highest BCUT2D eigenvalue weighted by atomic mass is 32.2. The molecule has 0 aliphatic carbocycles. The van der Waals surface area contributed by atoms with Gasteiger partial charge >= 0.3 is 11.4 Å². The van der Waals surface area contributed by atoms with Crippen LogP contribution in [-0.2, 0) is 23.0 Å². The van der Waals surface area contributed by atoms with E-state index in [0.29, 0.717) is 13.0 Å². The van der Waals surface area contributed by atoms with Gasteiger partial charge in [0.15, 0.2) is 0 Å². The van der Waals surface area contributed by atoms with Gasteiger partial charge in [0, 0.05) is 43.9 Å². The molecule has 30 heavy (non-hydrogen) atoms. The first-order valence-corrected chi connectivity index (χ1v) is 11.0. The molecule has 0 unspecified atom stereocenters. The summed E-state index contributed by atoms with van der Waals surface area (Å²) in [6, 6.07) is 10.3. The van der Waals surface area contributed by atoms with Crippen LogP contribution >= 0.6 is 0 Å². The van der Waals surface area contributed by atoms with E-state index in [1.54, 1.807) is 12.1 Å². The SMILES string of the molecule is O=[N+](O)c1cccc(S(=O)(=O)NCCCCN2CCc3ccc([N+](=O)O)cc3C2)c1. The number of hydrogen-bond donors (Lipinski definition) is 3. The van der Waals surface area contributed by atoms with Crippen molar-refractivity contribution in [1.82, 2.24) is 9.62 Å². The van der Waals surface area contributed by atoms with Crippen molar-refractivity contribution in [3.63, 3.8) is 0 Å². The minimum atomic E-state index is -3.77. The van der Waals surface area contributed by atoms with Crippen LogP contribution in [0.3, 0.4) is 0 Å². The molecule has 0 radical (unpaired) electrons. The van der Waals surface area contributed by atoms with Gasteiger partial charge < -0.3 is 0 Å². The lowest BCUT2D eigenvalue weighted by Gasteiger charge is -2.28. The van der Waals surface area contributed by atoms with Gasteiger partial charge in [0.25, 0.3) is 9.85 Å². The maximum absolute atomic E-state index is 12.3. The van der Waals surface area contributed by atoms with Gasteiger partial charge in [0.1, 0.15) is 0 Å². The van der Waals surface area contributed by atoms with E-state index in [1.165, 1.54) is 18.2 Å². The highest BCUT2D eigenvalue weighted by Gasteiger charge is 2.21. The molecule has 11 heteroatoms. The Morgan fingerprint density at radius 2 is 1.70 bits per heavy atom. The molecule has 1 aliphatic heterocycles. The summed E-state index contributed by atoms with van der Waals surface area (Å²) in [5.41, 5.74) is 2.21. The van der Waals surface area contributed by atoms with Crippen molar-refractivity contribution in [2.45, 2.75) is 30.7 Å². The van der Waals surface area contributed by atoms with Crippen molar-refractivity contribution < 1.29 is 28.7 Å². The lowest BCUT2D eigenvalue weighted by molar-refractivity contribution is -0.729. The average Bonchev–Trinajstić information content (AvgIpc) is 2.73. The number of fused-ring (bicyclic) bond motifs is 1. The van der Waals surface area contributed by atoms with Gasteiger partial charge in [-0.3, -0.25) is 4.90 Å². The number of rotatable bonds is 9. The molecule has 2 aromatic carbocycles. The fourth-order valence-corrected chi connectivity index (χ4v) is 4.55. The maximum atomic E-state index is 12.3. The monoisotopic (exact) mass is 436 g/mol. The first-order chi connectivity index (χ1) is 14.3. The summed E-state index contributed by atoms with van der Waals surface area (Å²) >= 11 is 0. The first kappa shape index (κ1) is 21.8. The molecule has 1 heterocycles. The first-order valence-electron chi connectivity index (χ1n) is 9.52. The van der Waals surface area contributed by atoms with Crippen LogP contribution in [0.5, 0.6) is 0 Å². The number of nitrogens with one attached hydrogen (secondary N) is 1. The maximum Gasteiger partial charge on any atom is 0.317 e. The molecule has 1 aliphatic rings. The Kier molecular flexibility index (Phi) is 6.75. The van der Waals surface area contributed by atoms with E-state index in [4.69, 9.17) is 10.4 Å². The zero-order valence-electron chi connectivity index (χ0n) is 16.3. The van der Waals surface area contributed by atoms with Crippen molar-refractivity contribution in [3.8, 4) is 0 Å². The summed E-state index contributed by atoms with van der Waals surface area (Å²) in [5, 5.41) is 18.0. The Morgan fingerprint density at radius 1 is 0.967 bits per heavy atom. The van der Waals surface area contributed by atoms with Crippen LogP contribution in [0.15, 0.2) is 47.4 Å². The summed E-state index contributed by atoms with van der Waals surface area (Å²) in [6.07, 6.45) is 2.25. The fourth-order valence-electron chi connectivity index (χ4n) is 3.43. The lowest BCUT2D eigenvalue weighted by atomic mass is 9.99. The molecule has 0 spiro atoms. The van der Waals surface area contributed by atoms with Crippen LogP contribution in [-0.4, -0.2) is 53.2 Å². The normalized spacial score (nSPS) is 14.3. The third-order valence-electron chi connectivity index (χ3n) is 5.04. The van der Waals surface area contributed by atoms with E-state index in [9.17, 15) is 18.2 Å². The third-order valence-corrected chi connectivity index (χ3v) is 6.50. The van der Waals surface area contributed by atoms with Crippen molar-refractivity contribution in [2.24, 2.45) is 0 Å².